The fourth-order valence-corrected chi connectivity index (χ4v) is 4.49. The van der Waals surface area contributed by atoms with Crippen LogP contribution in [0.5, 0.6) is 0 Å². The number of nitrogens with zero attached hydrogens (tertiary/aromatic N) is 1. The molecule has 10 heteroatoms. The van der Waals surface area contributed by atoms with Gasteiger partial charge in [0.15, 0.2) is 0 Å². The molecule has 2 heterocycles. The lowest BCUT2D eigenvalue weighted by atomic mass is 9.98. The molecule has 1 aromatic rings. The second-order valence-corrected chi connectivity index (χ2v) is 8.18. The van der Waals surface area contributed by atoms with Gasteiger partial charge in [-0.25, -0.2) is 0 Å². The summed E-state index contributed by atoms with van der Waals surface area (Å²) < 4.78 is 43.6. The first kappa shape index (κ1) is 21.5. The van der Waals surface area contributed by atoms with Crippen molar-refractivity contribution in [1.29, 1.82) is 0 Å². The molecule has 2 aliphatic rings. The van der Waals surface area contributed by atoms with Crippen LogP contribution < -0.4 is 5.32 Å². The average Bonchev–Trinajstić information content (AvgIpc) is 2.67. The molecule has 1 fully saturated rings. The van der Waals surface area contributed by atoms with Crippen LogP contribution in [0.3, 0.4) is 0 Å². The summed E-state index contributed by atoms with van der Waals surface area (Å²) in [6.07, 6.45) is -3.27. The lowest BCUT2D eigenvalue weighted by Gasteiger charge is -2.33. The third-order valence-electron chi connectivity index (χ3n) is 4.88. The normalized spacial score (nSPS) is 21.9. The van der Waals surface area contributed by atoms with Crippen molar-refractivity contribution in [2.45, 2.75) is 42.5 Å². The van der Waals surface area contributed by atoms with Crippen LogP contribution in [0, 0.1) is 5.92 Å². The molecule has 2 aliphatic heterocycles. The van der Waals surface area contributed by atoms with Gasteiger partial charge in [0.1, 0.15) is 0 Å². The molecule has 158 valence electrons. The maximum absolute atomic E-state index is 12.8. The molecule has 2 amide bonds. The van der Waals surface area contributed by atoms with Crippen LogP contribution in [0.15, 0.2) is 23.1 Å². The summed E-state index contributed by atoms with van der Waals surface area (Å²) in [5.41, 5.74) is -0.746. The number of alkyl halides is 3. The third-order valence-corrected chi connectivity index (χ3v) is 6.16. The average molecular weight is 430 g/mol. The van der Waals surface area contributed by atoms with Gasteiger partial charge in [-0.2, -0.15) is 13.2 Å². The summed E-state index contributed by atoms with van der Waals surface area (Å²) in [4.78, 5) is 39.0. The van der Waals surface area contributed by atoms with Gasteiger partial charge in [0, 0.05) is 24.4 Å². The van der Waals surface area contributed by atoms with Gasteiger partial charge >= 0.3 is 12.1 Å². The summed E-state index contributed by atoms with van der Waals surface area (Å²) >= 11 is 1.07. The Morgan fingerprint density at radius 2 is 2.10 bits per heavy atom. The zero-order valence-corrected chi connectivity index (χ0v) is 16.6. The van der Waals surface area contributed by atoms with E-state index in [1.165, 1.54) is 6.07 Å². The highest BCUT2D eigenvalue weighted by molar-refractivity contribution is 8.01. The number of hydrogen-bond donors (Lipinski definition) is 1. The number of fused-ring (bicyclic) bond motifs is 1. The summed E-state index contributed by atoms with van der Waals surface area (Å²) in [5, 5.41) is 1.73. The first-order chi connectivity index (χ1) is 13.7. The minimum absolute atomic E-state index is 0.0908. The van der Waals surface area contributed by atoms with Crippen molar-refractivity contribution >= 4 is 35.2 Å². The molecule has 0 saturated carbocycles. The van der Waals surface area contributed by atoms with Crippen molar-refractivity contribution < 1.29 is 32.3 Å². The Bertz CT molecular complexity index is 815. The van der Waals surface area contributed by atoms with Crippen LogP contribution in [0.25, 0.3) is 0 Å². The van der Waals surface area contributed by atoms with E-state index in [0.717, 1.165) is 23.9 Å². The molecule has 0 unspecified atom stereocenters. The van der Waals surface area contributed by atoms with E-state index in [9.17, 15) is 27.6 Å². The summed E-state index contributed by atoms with van der Waals surface area (Å²) in [7, 11) is 0. The van der Waals surface area contributed by atoms with Gasteiger partial charge in [0.05, 0.1) is 29.0 Å². The number of benzene rings is 1. The highest BCUT2D eigenvalue weighted by Gasteiger charge is 2.36. The van der Waals surface area contributed by atoms with E-state index in [-0.39, 0.29) is 43.1 Å². The smallest absolute Gasteiger partial charge is 0.416 e. The van der Waals surface area contributed by atoms with Crippen molar-refractivity contribution in [3.63, 3.8) is 0 Å². The molecule has 0 aliphatic carbocycles. The second kappa shape index (κ2) is 8.64. The molecule has 1 saturated heterocycles. The van der Waals surface area contributed by atoms with Gasteiger partial charge in [0.25, 0.3) is 0 Å². The number of rotatable bonds is 4. The number of amides is 2. The Hall–Kier alpha value is -2.23. The van der Waals surface area contributed by atoms with E-state index in [4.69, 9.17) is 4.74 Å². The van der Waals surface area contributed by atoms with Gasteiger partial charge in [-0.15, -0.1) is 11.8 Å². The van der Waals surface area contributed by atoms with Crippen molar-refractivity contribution in [2.75, 3.05) is 25.0 Å². The topological polar surface area (TPSA) is 75.7 Å². The highest BCUT2D eigenvalue weighted by atomic mass is 32.2. The molecule has 1 aromatic carbocycles. The van der Waals surface area contributed by atoms with Gasteiger partial charge in [-0.3, -0.25) is 14.4 Å². The lowest BCUT2D eigenvalue weighted by Crippen LogP contribution is -2.44. The number of hydrogen-bond acceptors (Lipinski definition) is 5. The molecule has 0 bridgehead atoms. The summed E-state index contributed by atoms with van der Waals surface area (Å²) in [6, 6.07) is 3.15. The SMILES string of the molecule is CCOC(=O)[C@@H]1CCCN(C(=O)C[C@H]2Sc3ccc(C(F)(F)F)cc3NC2=O)C1. The van der Waals surface area contributed by atoms with Crippen molar-refractivity contribution in [1.82, 2.24) is 4.90 Å². The molecule has 0 spiro atoms. The maximum Gasteiger partial charge on any atom is 0.416 e. The Kier molecular flexibility index (Phi) is 6.40. The van der Waals surface area contributed by atoms with Crippen molar-refractivity contribution in [2.24, 2.45) is 5.92 Å². The van der Waals surface area contributed by atoms with Crippen LogP contribution in [0.1, 0.15) is 31.7 Å². The predicted molar refractivity (Wildman–Crippen MR) is 100 cm³/mol. The number of anilines is 1. The van der Waals surface area contributed by atoms with E-state index < -0.39 is 22.9 Å². The standard InChI is InChI=1S/C19H21F3N2O4S/c1-2-28-18(27)11-4-3-7-24(10-11)16(25)9-15-17(26)23-13-8-12(19(20,21)22)5-6-14(13)29-15/h5-6,8,11,15H,2-4,7,9-10H2,1H3,(H,23,26)/t11-,15-/m1/s1. The Morgan fingerprint density at radius 1 is 1.34 bits per heavy atom. The van der Waals surface area contributed by atoms with Crippen molar-refractivity contribution in [3.05, 3.63) is 23.8 Å². The van der Waals surface area contributed by atoms with E-state index in [2.05, 4.69) is 5.32 Å². The number of nitrogens with one attached hydrogen (secondary N) is 1. The molecule has 29 heavy (non-hydrogen) atoms. The summed E-state index contributed by atoms with van der Waals surface area (Å²) in [5.74, 6) is -1.47. The molecule has 0 aromatic heterocycles. The molecular weight excluding hydrogens is 409 g/mol. The van der Waals surface area contributed by atoms with Gasteiger partial charge in [-0.1, -0.05) is 0 Å². The molecule has 3 rings (SSSR count). The number of halogens is 3. The predicted octanol–water partition coefficient (Wildman–Crippen LogP) is 3.31. The number of carbonyl (C=O) groups excluding carboxylic acids is 3. The van der Waals surface area contributed by atoms with Crippen LogP contribution in [0.4, 0.5) is 18.9 Å². The molecule has 1 N–H and O–H groups in total. The number of piperidine rings is 1. The fourth-order valence-electron chi connectivity index (χ4n) is 3.40. The van der Waals surface area contributed by atoms with Crippen LogP contribution >= 0.6 is 11.8 Å². The van der Waals surface area contributed by atoms with Crippen LogP contribution in [-0.4, -0.2) is 47.6 Å². The fraction of sp³-hybridized carbons (Fsp3) is 0.526. The Balaban J connectivity index is 1.64. The maximum atomic E-state index is 12.8. The Morgan fingerprint density at radius 3 is 2.79 bits per heavy atom. The quantitative estimate of drug-likeness (QED) is 0.742. The second-order valence-electron chi connectivity index (χ2n) is 6.94. The molecule has 2 atom stereocenters. The monoisotopic (exact) mass is 430 g/mol. The van der Waals surface area contributed by atoms with Crippen molar-refractivity contribution in [3.8, 4) is 0 Å². The van der Waals surface area contributed by atoms with Crippen LogP contribution in [-0.2, 0) is 25.3 Å². The number of esters is 1. The van der Waals surface area contributed by atoms with E-state index >= 15 is 0 Å². The molecule has 0 radical (unpaired) electrons. The largest absolute Gasteiger partial charge is 0.466 e. The van der Waals surface area contributed by atoms with E-state index in [1.807, 2.05) is 0 Å². The van der Waals surface area contributed by atoms with Gasteiger partial charge in [-0.05, 0) is 38.0 Å². The van der Waals surface area contributed by atoms with Gasteiger partial charge < -0.3 is 15.0 Å². The number of likely N-dealkylation sites (tertiary alicyclic amines) is 1. The zero-order chi connectivity index (χ0) is 21.2. The number of carbonyl (C=O) groups is 3. The first-order valence-electron chi connectivity index (χ1n) is 9.32. The minimum Gasteiger partial charge on any atom is -0.466 e. The zero-order valence-electron chi connectivity index (χ0n) is 15.8. The minimum atomic E-state index is -4.50. The molecule has 6 nitrogen and oxygen atoms in total. The Labute approximate surface area is 170 Å². The summed E-state index contributed by atoms with van der Waals surface area (Å²) in [6.45, 7) is 2.75. The number of thioether (sulfide) groups is 1. The molecular formula is C19H21F3N2O4S. The lowest BCUT2D eigenvalue weighted by molar-refractivity contribution is -0.151. The van der Waals surface area contributed by atoms with E-state index in [1.54, 1.807) is 11.8 Å². The van der Waals surface area contributed by atoms with Gasteiger partial charge in [0.2, 0.25) is 11.8 Å². The number of ether oxygens (including phenoxy) is 1. The van der Waals surface area contributed by atoms with Crippen LogP contribution in [0.2, 0.25) is 0 Å². The van der Waals surface area contributed by atoms with E-state index in [0.29, 0.717) is 24.3 Å². The first-order valence-corrected chi connectivity index (χ1v) is 10.2. The highest BCUT2D eigenvalue weighted by Crippen LogP contribution is 2.40. The third kappa shape index (κ3) is 5.04.